The number of nitrogens with one attached hydrogen (secondary N) is 1. The van der Waals surface area contributed by atoms with Gasteiger partial charge in [-0.25, -0.2) is 8.42 Å². The molecule has 0 aliphatic carbocycles. The molecule has 0 saturated heterocycles. The van der Waals surface area contributed by atoms with Gasteiger partial charge in [-0.3, -0.25) is 0 Å². The predicted molar refractivity (Wildman–Crippen MR) is 137 cm³/mol. The van der Waals surface area contributed by atoms with Crippen LogP contribution < -0.4 is 0 Å². The van der Waals surface area contributed by atoms with Gasteiger partial charge in [-0.05, 0) is 73.3 Å². The summed E-state index contributed by atoms with van der Waals surface area (Å²) < 4.78 is 25.8. The van der Waals surface area contributed by atoms with Gasteiger partial charge in [0.25, 0.3) is 0 Å². The van der Waals surface area contributed by atoms with Gasteiger partial charge in [0.2, 0.25) is 0 Å². The lowest BCUT2D eigenvalue weighted by Gasteiger charge is -2.19. The lowest BCUT2D eigenvalue weighted by molar-refractivity contribution is 0.289. The minimum atomic E-state index is -3.16. The van der Waals surface area contributed by atoms with E-state index in [9.17, 15) is 8.42 Å². The fourth-order valence-corrected chi connectivity index (χ4v) is 6.04. The molecule has 7 nitrogen and oxygen atoms in total. The summed E-state index contributed by atoms with van der Waals surface area (Å²) in [7, 11) is -1.14. The van der Waals surface area contributed by atoms with Crippen molar-refractivity contribution < 1.29 is 8.42 Å². The molecule has 0 bridgehead atoms. The number of fused-ring (bicyclic) bond motifs is 2. The van der Waals surface area contributed by atoms with Crippen molar-refractivity contribution in [2.75, 3.05) is 31.6 Å². The van der Waals surface area contributed by atoms with E-state index in [1.807, 2.05) is 25.4 Å². The second-order valence-corrected chi connectivity index (χ2v) is 12.0. The standard InChI is InChI=1S/C25H29N5O2S2/c1-29-24(21-5-7-23-20(16-21)8-11-26-23)27-28-25(29)33-15-3-12-30-13-9-18-4-6-22(34(2,31)32)17-19(18)10-14-30/h4-8,11,16-17,26H,3,9-10,12-15H2,1-2H3. The van der Waals surface area contributed by atoms with E-state index < -0.39 is 9.84 Å². The molecule has 0 spiro atoms. The van der Waals surface area contributed by atoms with Crippen LogP contribution in [0.2, 0.25) is 0 Å². The Morgan fingerprint density at radius 3 is 2.68 bits per heavy atom. The number of H-pyrrole nitrogens is 1. The highest BCUT2D eigenvalue weighted by atomic mass is 32.2. The van der Waals surface area contributed by atoms with E-state index in [1.165, 1.54) is 22.8 Å². The number of hydrogen-bond acceptors (Lipinski definition) is 6. The normalized spacial score (nSPS) is 14.9. The fraction of sp³-hybridized carbons (Fsp3) is 0.360. The smallest absolute Gasteiger partial charge is 0.191 e. The van der Waals surface area contributed by atoms with Gasteiger partial charge in [-0.15, -0.1) is 10.2 Å². The number of thioether (sulfide) groups is 1. The Kier molecular flexibility index (Phi) is 6.50. The summed E-state index contributed by atoms with van der Waals surface area (Å²) in [6, 6.07) is 14.0. The molecule has 2 aromatic carbocycles. The van der Waals surface area contributed by atoms with E-state index in [2.05, 4.69) is 48.9 Å². The first-order valence-electron chi connectivity index (χ1n) is 11.5. The number of nitrogens with zero attached hydrogens (tertiary/aromatic N) is 4. The maximum atomic E-state index is 11.9. The van der Waals surface area contributed by atoms with E-state index in [0.717, 1.165) is 66.7 Å². The molecule has 9 heteroatoms. The van der Waals surface area contributed by atoms with Gasteiger partial charge in [0.1, 0.15) is 0 Å². The zero-order valence-corrected chi connectivity index (χ0v) is 21.1. The van der Waals surface area contributed by atoms with Crippen molar-refractivity contribution in [1.29, 1.82) is 0 Å². The average Bonchev–Trinajstić information content (AvgIpc) is 3.37. The molecule has 178 valence electrons. The first kappa shape index (κ1) is 23.1. The molecule has 5 rings (SSSR count). The molecule has 2 aromatic heterocycles. The van der Waals surface area contributed by atoms with Crippen molar-refractivity contribution in [1.82, 2.24) is 24.6 Å². The predicted octanol–water partition coefficient (Wildman–Crippen LogP) is 3.95. The highest BCUT2D eigenvalue weighted by Gasteiger charge is 2.17. The highest BCUT2D eigenvalue weighted by molar-refractivity contribution is 7.99. The molecule has 1 aliphatic rings. The minimum absolute atomic E-state index is 0.423. The zero-order valence-electron chi connectivity index (χ0n) is 19.5. The van der Waals surface area contributed by atoms with Gasteiger partial charge in [-0.2, -0.15) is 0 Å². The molecule has 34 heavy (non-hydrogen) atoms. The van der Waals surface area contributed by atoms with Gasteiger partial charge in [-0.1, -0.05) is 17.8 Å². The van der Waals surface area contributed by atoms with Gasteiger partial charge in [0, 0.05) is 54.8 Å². The van der Waals surface area contributed by atoms with Crippen LogP contribution >= 0.6 is 11.8 Å². The van der Waals surface area contributed by atoms with Crippen LogP contribution in [0.3, 0.4) is 0 Å². The third-order valence-electron chi connectivity index (χ3n) is 6.50. The SMILES string of the molecule is Cn1c(SCCCN2CCc3ccc(S(C)(=O)=O)cc3CC2)nnc1-c1ccc2[nH]ccc2c1. The molecule has 0 atom stereocenters. The lowest BCUT2D eigenvalue weighted by atomic mass is 10.0. The monoisotopic (exact) mass is 495 g/mol. The fourth-order valence-electron chi connectivity index (χ4n) is 4.54. The average molecular weight is 496 g/mol. The number of aromatic nitrogens is 4. The van der Waals surface area contributed by atoms with E-state index >= 15 is 0 Å². The van der Waals surface area contributed by atoms with Crippen LogP contribution in [0, 0.1) is 0 Å². The summed E-state index contributed by atoms with van der Waals surface area (Å²) in [5, 5.41) is 11.0. The van der Waals surface area contributed by atoms with E-state index in [1.54, 1.807) is 17.8 Å². The van der Waals surface area contributed by atoms with Gasteiger partial charge < -0.3 is 14.5 Å². The molecule has 0 radical (unpaired) electrons. The van der Waals surface area contributed by atoms with Gasteiger partial charge in [0.05, 0.1) is 4.90 Å². The molecule has 4 aromatic rings. The Morgan fingerprint density at radius 1 is 1.03 bits per heavy atom. The van der Waals surface area contributed by atoms with Crippen molar-refractivity contribution >= 4 is 32.5 Å². The topological polar surface area (TPSA) is 83.9 Å². The lowest BCUT2D eigenvalue weighted by Crippen LogP contribution is -2.27. The van der Waals surface area contributed by atoms with Gasteiger partial charge in [0.15, 0.2) is 20.8 Å². The summed E-state index contributed by atoms with van der Waals surface area (Å²) >= 11 is 1.74. The summed E-state index contributed by atoms with van der Waals surface area (Å²) in [6.07, 6.45) is 6.14. The van der Waals surface area contributed by atoms with Crippen LogP contribution in [0.1, 0.15) is 17.5 Å². The van der Waals surface area contributed by atoms with Crippen LogP contribution in [0.15, 0.2) is 58.7 Å². The Morgan fingerprint density at radius 2 is 1.85 bits per heavy atom. The molecule has 1 aliphatic heterocycles. The Hall–Kier alpha value is -2.62. The second kappa shape index (κ2) is 9.56. The van der Waals surface area contributed by atoms with Crippen molar-refractivity contribution in [3.8, 4) is 11.4 Å². The van der Waals surface area contributed by atoms with Crippen LogP contribution in [-0.4, -0.2) is 64.7 Å². The summed E-state index contributed by atoms with van der Waals surface area (Å²) in [5.41, 5.74) is 4.63. The second-order valence-electron chi connectivity index (χ2n) is 8.89. The first-order chi connectivity index (χ1) is 16.4. The third-order valence-corrected chi connectivity index (χ3v) is 8.71. The van der Waals surface area contributed by atoms with Crippen molar-refractivity contribution in [3.63, 3.8) is 0 Å². The molecule has 0 amide bonds. The molecule has 0 unspecified atom stereocenters. The van der Waals surface area contributed by atoms with Crippen molar-refractivity contribution in [3.05, 3.63) is 59.8 Å². The summed E-state index contributed by atoms with van der Waals surface area (Å²) in [5.74, 6) is 1.86. The number of sulfone groups is 1. The van der Waals surface area contributed by atoms with Gasteiger partial charge >= 0.3 is 0 Å². The van der Waals surface area contributed by atoms with E-state index in [4.69, 9.17) is 0 Å². The number of benzene rings is 2. The largest absolute Gasteiger partial charge is 0.361 e. The van der Waals surface area contributed by atoms with Crippen LogP contribution in [0.5, 0.6) is 0 Å². The summed E-state index contributed by atoms with van der Waals surface area (Å²) in [6.45, 7) is 2.99. The molecule has 3 heterocycles. The number of aromatic amines is 1. The molecule has 1 N–H and O–H groups in total. The Balaban J connectivity index is 1.14. The Labute approximate surface area is 204 Å². The van der Waals surface area contributed by atoms with Crippen LogP contribution in [0.4, 0.5) is 0 Å². The van der Waals surface area contributed by atoms with E-state index in [0.29, 0.717) is 4.90 Å². The highest BCUT2D eigenvalue weighted by Crippen LogP contribution is 2.26. The zero-order chi connectivity index (χ0) is 23.7. The van der Waals surface area contributed by atoms with Crippen molar-refractivity contribution in [2.45, 2.75) is 29.3 Å². The summed E-state index contributed by atoms with van der Waals surface area (Å²) in [4.78, 5) is 6.13. The third kappa shape index (κ3) is 4.92. The van der Waals surface area contributed by atoms with Crippen molar-refractivity contribution in [2.24, 2.45) is 7.05 Å². The van der Waals surface area contributed by atoms with Crippen LogP contribution in [-0.2, 0) is 29.7 Å². The first-order valence-corrected chi connectivity index (χ1v) is 14.4. The maximum absolute atomic E-state index is 11.9. The number of rotatable bonds is 7. The minimum Gasteiger partial charge on any atom is -0.361 e. The van der Waals surface area contributed by atoms with Crippen LogP contribution in [0.25, 0.3) is 22.3 Å². The quantitative estimate of drug-likeness (QED) is 0.309. The van der Waals surface area contributed by atoms with E-state index in [-0.39, 0.29) is 0 Å². The molecular weight excluding hydrogens is 466 g/mol. The molecular formula is C25H29N5O2S2. The molecule has 0 fully saturated rings. The maximum Gasteiger partial charge on any atom is 0.191 e. The molecule has 0 saturated carbocycles. The number of hydrogen-bond donors (Lipinski definition) is 1. The Bertz CT molecular complexity index is 1420.